The molecule has 1 aliphatic rings. The van der Waals surface area contributed by atoms with Gasteiger partial charge in [0.25, 0.3) is 0 Å². The second kappa shape index (κ2) is 9.18. The standard InChI is InChI=1S/C18H28N2O2S/c1-13(12-23-17-7-5-4-6-16(17)22-3)11-20-18(21)15-8-9-19-14(2)10-15/h4-7,13-15,19H,8-12H2,1-3H3,(H,20,21)/t13?,14-,15-/m0/s1. The van der Waals surface area contributed by atoms with Crippen molar-refractivity contribution in [2.24, 2.45) is 11.8 Å². The van der Waals surface area contributed by atoms with Gasteiger partial charge in [-0.25, -0.2) is 0 Å². The lowest BCUT2D eigenvalue weighted by atomic mass is 9.92. The lowest BCUT2D eigenvalue weighted by Gasteiger charge is -2.27. The van der Waals surface area contributed by atoms with Crippen molar-refractivity contribution >= 4 is 17.7 Å². The molecule has 23 heavy (non-hydrogen) atoms. The van der Waals surface area contributed by atoms with Crippen molar-refractivity contribution in [3.05, 3.63) is 24.3 Å². The van der Waals surface area contributed by atoms with Crippen molar-refractivity contribution in [3.63, 3.8) is 0 Å². The minimum atomic E-state index is 0.167. The lowest BCUT2D eigenvalue weighted by Crippen LogP contribution is -2.43. The Morgan fingerprint density at radius 3 is 3.00 bits per heavy atom. The number of hydrogen-bond acceptors (Lipinski definition) is 4. The van der Waals surface area contributed by atoms with Crippen LogP contribution in [0.1, 0.15) is 26.7 Å². The van der Waals surface area contributed by atoms with E-state index in [1.165, 1.54) is 0 Å². The Labute approximate surface area is 143 Å². The fraction of sp³-hybridized carbons (Fsp3) is 0.611. The van der Waals surface area contributed by atoms with Crippen molar-refractivity contribution in [1.29, 1.82) is 0 Å². The summed E-state index contributed by atoms with van der Waals surface area (Å²) in [5.41, 5.74) is 0. The molecule has 4 nitrogen and oxygen atoms in total. The minimum Gasteiger partial charge on any atom is -0.496 e. The number of benzene rings is 1. The van der Waals surface area contributed by atoms with Crippen LogP contribution in [0.15, 0.2) is 29.2 Å². The zero-order valence-electron chi connectivity index (χ0n) is 14.3. The van der Waals surface area contributed by atoms with E-state index in [4.69, 9.17) is 4.74 Å². The number of rotatable bonds is 7. The van der Waals surface area contributed by atoms with Gasteiger partial charge in [-0.1, -0.05) is 19.1 Å². The van der Waals surface area contributed by atoms with Crippen molar-refractivity contribution in [3.8, 4) is 5.75 Å². The summed E-state index contributed by atoms with van der Waals surface area (Å²) in [6.45, 7) is 6.00. The quantitative estimate of drug-likeness (QED) is 0.752. The highest BCUT2D eigenvalue weighted by Crippen LogP contribution is 2.29. The van der Waals surface area contributed by atoms with Crippen molar-refractivity contribution < 1.29 is 9.53 Å². The third-order valence-corrected chi connectivity index (χ3v) is 5.60. The maximum absolute atomic E-state index is 12.3. The molecule has 2 rings (SSSR count). The van der Waals surface area contributed by atoms with Gasteiger partial charge in [0.05, 0.1) is 7.11 Å². The molecule has 0 aromatic heterocycles. The molecule has 0 aliphatic carbocycles. The van der Waals surface area contributed by atoms with E-state index in [1.54, 1.807) is 18.9 Å². The Hall–Kier alpha value is -1.20. The monoisotopic (exact) mass is 336 g/mol. The molecular formula is C18H28N2O2S. The number of carbonyl (C=O) groups is 1. The number of thioether (sulfide) groups is 1. The van der Waals surface area contributed by atoms with E-state index in [-0.39, 0.29) is 11.8 Å². The van der Waals surface area contributed by atoms with Gasteiger partial charge >= 0.3 is 0 Å². The van der Waals surface area contributed by atoms with Crippen LogP contribution >= 0.6 is 11.8 Å². The maximum atomic E-state index is 12.3. The fourth-order valence-corrected chi connectivity index (χ4v) is 3.87. The number of nitrogens with one attached hydrogen (secondary N) is 2. The summed E-state index contributed by atoms with van der Waals surface area (Å²) in [5, 5.41) is 6.51. The van der Waals surface area contributed by atoms with Crippen LogP contribution in [-0.2, 0) is 4.79 Å². The number of para-hydroxylation sites is 1. The number of hydrogen-bond donors (Lipinski definition) is 2. The summed E-state index contributed by atoms with van der Waals surface area (Å²) < 4.78 is 5.37. The van der Waals surface area contributed by atoms with Gasteiger partial charge in [-0.15, -0.1) is 11.8 Å². The fourth-order valence-electron chi connectivity index (χ4n) is 2.82. The Balaban J connectivity index is 1.72. The largest absolute Gasteiger partial charge is 0.496 e. The first-order chi connectivity index (χ1) is 11.1. The van der Waals surface area contributed by atoms with Gasteiger partial charge in [-0.2, -0.15) is 0 Å². The summed E-state index contributed by atoms with van der Waals surface area (Å²) in [6, 6.07) is 8.50. The summed E-state index contributed by atoms with van der Waals surface area (Å²) in [7, 11) is 1.70. The van der Waals surface area contributed by atoms with E-state index in [0.717, 1.165) is 42.3 Å². The van der Waals surface area contributed by atoms with Crippen LogP contribution in [0.3, 0.4) is 0 Å². The van der Waals surface area contributed by atoms with Crippen molar-refractivity contribution in [1.82, 2.24) is 10.6 Å². The smallest absolute Gasteiger partial charge is 0.223 e. The predicted octanol–water partition coefficient (Wildman–Crippen LogP) is 2.93. The maximum Gasteiger partial charge on any atom is 0.223 e. The summed E-state index contributed by atoms with van der Waals surface area (Å²) in [5.74, 6) is 2.68. The first kappa shape index (κ1) is 18.1. The Morgan fingerprint density at radius 2 is 2.26 bits per heavy atom. The van der Waals surface area contributed by atoms with Crippen LogP contribution in [0.5, 0.6) is 5.75 Å². The van der Waals surface area contributed by atoms with Gasteiger partial charge in [0.15, 0.2) is 0 Å². The van der Waals surface area contributed by atoms with E-state index >= 15 is 0 Å². The Kier molecular flexibility index (Phi) is 7.24. The third-order valence-electron chi connectivity index (χ3n) is 4.21. The molecule has 1 amide bonds. The van der Waals surface area contributed by atoms with Gasteiger partial charge in [0.1, 0.15) is 5.75 Å². The number of ether oxygens (including phenoxy) is 1. The zero-order chi connectivity index (χ0) is 16.7. The first-order valence-corrected chi connectivity index (χ1v) is 9.35. The molecule has 1 aliphatic heterocycles. The highest BCUT2D eigenvalue weighted by atomic mass is 32.2. The molecule has 1 aromatic carbocycles. The molecule has 1 saturated heterocycles. The van der Waals surface area contributed by atoms with Crippen LogP contribution in [0.25, 0.3) is 0 Å². The molecule has 0 radical (unpaired) electrons. The average Bonchev–Trinajstić information content (AvgIpc) is 2.58. The summed E-state index contributed by atoms with van der Waals surface area (Å²) in [6.07, 6.45) is 1.89. The van der Waals surface area contributed by atoms with Crippen LogP contribution in [-0.4, -0.2) is 37.9 Å². The van der Waals surface area contributed by atoms with Crippen molar-refractivity contribution in [2.75, 3.05) is 26.0 Å². The van der Waals surface area contributed by atoms with Gasteiger partial charge in [0, 0.05) is 29.2 Å². The summed E-state index contributed by atoms with van der Waals surface area (Å²) in [4.78, 5) is 13.4. The number of methoxy groups -OCH3 is 1. The van der Waals surface area contributed by atoms with Gasteiger partial charge in [-0.3, -0.25) is 4.79 Å². The molecule has 0 bridgehead atoms. The van der Waals surface area contributed by atoms with E-state index < -0.39 is 0 Å². The van der Waals surface area contributed by atoms with Gasteiger partial charge in [0.2, 0.25) is 5.91 Å². The SMILES string of the molecule is COc1ccccc1SCC(C)CNC(=O)[C@H]1CCN[C@@H](C)C1. The average molecular weight is 337 g/mol. The van der Waals surface area contributed by atoms with Crippen LogP contribution in [0.4, 0.5) is 0 Å². The zero-order valence-corrected chi connectivity index (χ0v) is 15.1. The van der Waals surface area contributed by atoms with Crippen molar-refractivity contribution in [2.45, 2.75) is 37.6 Å². The molecule has 1 unspecified atom stereocenters. The molecule has 5 heteroatoms. The molecule has 3 atom stereocenters. The molecule has 0 saturated carbocycles. The minimum absolute atomic E-state index is 0.167. The molecular weight excluding hydrogens is 308 g/mol. The molecule has 1 fully saturated rings. The molecule has 0 spiro atoms. The molecule has 128 valence electrons. The third kappa shape index (κ3) is 5.74. The normalized spacial score (nSPS) is 22.4. The summed E-state index contributed by atoms with van der Waals surface area (Å²) >= 11 is 1.78. The lowest BCUT2D eigenvalue weighted by molar-refractivity contribution is -0.126. The van der Waals surface area contributed by atoms with Crippen LogP contribution in [0.2, 0.25) is 0 Å². The molecule has 1 aromatic rings. The first-order valence-electron chi connectivity index (χ1n) is 8.37. The van der Waals surface area contributed by atoms with Gasteiger partial charge < -0.3 is 15.4 Å². The van der Waals surface area contributed by atoms with E-state index in [9.17, 15) is 4.79 Å². The number of carbonyl (C=O) groups excluding carboxylic acids is 1. The molecule has 2 N–H and O–H groups in total. The van der Waals surface area contributed by atoms with Gasteiger partial charge in [-0.05, 0) is 44.4 Å². The Morgan fingerprint density at radius 1 is 1.48 bits per heavy atom. The highest BCUT2D eigenvalue weighted by molar-refractivity contribution is 7.99. The van der Waals surface area contributed by atoms with Crippen LogP contribution in [0, 0.1) is 11.8 Å². The number of piperidine rings is 1. The van der Waals surface area contributed by atoms with Crippen LogP contribution < -0.4 is 15.4 Å². The molecule has 1 heterocycles. The number of amides is 1. The second-order valence-electron chi connectivity index (χ2n) is 6.39. The Bertz CT molecular complexity index is 510. The van der Waals surface area contributed by atoms with E-state index in [0.29, 0.717) is 12.0 Å². The topological polar surface area (TPSA) is 50.4 Å². The highest BCUT2D eigenvalue weighted by Gasteiger charge is 2.24. The van der Waals surface area contributed by atoms with E-state index in [2.05, 4.69) is 30.5 Å². The second-order valence-corrected chi connectivity index (χ2v) is 7.45. The van der Waals surface area contributed by atoms with E-state index in [1.807, 2.05) is 18.2 Å². The predicted molar refractivity (Wildman–Crippen MR) is 96.1 cm³/mol.